The van der Waals surface area contributed by atoms with Crippen LogP contribution in [0.3, 0.4) is 0 Å². The summed E-state index contributed by atoms with van der Waals surface area (Å²) in [5.74, 6) is 1.67. The number of rotatable bonds is 5. The Bertz CT molecular complexity index is 716. The molecular formula is C17H25BrIN7. The third-order valence-electron chi connectivity index (χ3n) is 4.25. The third kappa shape index (κ3) is 5.57. The van der Waals surface area contributed by atoms with Crippen molar-refractivity contribution in [1.82, 2.24) is 25.4 Å². The highest BCUT2D eigenvalue weighted by atomic mass is 127. The van der Waals surface area contributed by atoms with Gasteiger partial charge in [0.15, 0.2) is 5.96 Å². The van der Waals surface area contributed by atoms with Crippen LogP contribution < -0.4 is 15.5 Å². The Labute approximate surface area is 179 Å². The lowest BCUT2D eigenvalue weighted by molar-refractivity contribution is 0.644. The summed E-state index contributed by atoms with van der Waals surface area (Å²) in [6.07, 6.45) is 2.64. The number of guanidine groups is 1. The molecule has 1 fully saturated rings. The Morgan fingerprint density at radius 1 is 1.35 bits per heavy atom. The normalized spacial score (nSPS) is 17.1. The molecule has 0 saturated carbocycles. The number of aromatic nitrogens is 3. The van der Waals surface area contributed by atoms with Crippen molar-refractivity contribution in [3.8, 4) is 0 Å². The van der Waals surface area contributed by atoms with Crippen LogP contribution in [0.5, 0.6) is 0 Å². The fraction of sp³-hybridized carbons (Fsp3) is 0.471. The third-order valence-corrected chi connectivity index (χ3v) is 4.78. The van der Waals surface area contributed by atoms with E-state index in [2.05, 4.69) is 77.7 Å². The highest BCUT2D eigenvalue weighted by Crippen LogP contribution is 2.22. The van der Waals surface area contributed by atoms with E-state index in [0.29, 0.717) is 12.6 Å². The Hall–Kier alpha value is -1.36. The minimum Gasteiger partial charge on any atom is -0.369 e. The Morgan fingerprint density at radius 2 is 2.12 bits per heavy atom. The van der Waals surface area contributed by atoms with Gasteiger partial charge in [0.1, 0.15) is 18.7 Å². The van der Waals surface area contributed by atoms with E-state index in [9.17, 15) is 0 Å². The molecule has 0 bridgehead atoms. The molecule has 0 amide bonds. The lowest BCUT2D eigenvalue weighted by atomic mass is 10.3. The zero-order valence-corrected chi connectivity index (χ0v) is 18.9. The van der Waals surface area contributed by atoms with Crippen LogP contribution in [0.1, 0.15) is 19.2 Å². The molecule has 1 unspecified atom stereocenters. The average molecular weight is 534 g/mol. The van der Waals surface area contributed by atoms with Gasteiger partial charge in [-0.25, -0.2) is 9.98 Å². The number of nitrogens with one attached hydrogen (secondary N) is 2. The zero-order chi connectivity index (χ0) is 17.6. The monoisotopic (exact) mass is 533 g/mol. The summed E-state index contributed by atoms with van der Waals surface area (Å²) in [7, 11) is 1.88. The second kappa shape index (κ2) is 10.1. The zero-order valence-electron chi connectivity index (χ0n) is 15.0. The highest BCUT2D eigenvalue weighted by molar-refractivity contribution is 14.0. The van der Waals surface area contributed by atoms with Crippen molar-refractivity contribution in [2.24, 2.45) is 12.0 Å². The minimum atomic E-state index is 0. The summed E-state index contributed by atoms with van der Waals surface area (Å²) in [6.45, 7) is 5.42. The van der Waals surface area contributed by atoms with E-state index in [0.717, 1.165) is 42.3 Å². The molecule has 2 N–H and O–H groups in total. The maximum absolute atomic E-state index is 4.64. The van der Waals surface area contributed by atoms with E-state index in [4.69, 9.17) is 0 Å². The molecule has 9 heteroatoms. The predicted molar refractivity (Wildman–Crippen MR) is 119 cm³/mol. The van der Waals surface area contributed by atoms with Gasteiger partial charge in [0, 0.05) is 42.9 Å². The smallest absolute Gasteiger partial charge is 0.191 e. The van der Waals surface area contributed by atoms with Crippen molar-refractivity contribution in [3.05, 3.63) is 40.9 Å². The fourth-order valence-corrected chi connectivity index (χ4v) is 3.16. The van der Waals surface area contributed by atoms with Crippen molar-refractivity contribution in [2.45, 2.75) is 25.9 Å². The van der Waals surface area contributed by atoms with Crippen LogP contribution in [0.4, 0.5) is 5.69 Å². The summed E-state index contributed by atoms with van der Waals surface area (Å²) in [4.78, 5) is 11.3. The topological polar surface area (TPSA) is 70.4 Å². The van der Waals surface area contributed by atoms with Gasteiger partial charge in [0.2, 0.25) is 0 Å². The molecule has 1 aliphatic rings. The summed E-state index contributed by atoms with van der Waals surface area (Å²) >= 11 is 3.49. The molecule has 0 radical (unpaired) electrons. The van der Waals surface area contributed by atoms with E-state index in [1.165, 1.54) is 5.69 Å². The van der Waals surface area contributed by atoms with E-state index in [1.807, 2.05) is 7.05 Å². The number of nitrogens with zero attached hydrogens (tertiary/aromatic N) is 5. The van der Waals surface area contributed by atoms with Crippen LogP contribution in [0, 0.1) is 0 Å². The Morgan fingerprint density at radius 3 is 2.77 bits per heavy atom. The van der Waals surface area contributed by atoms with Gasteiger partial charge in [0.25, 0.3) is 0 Å². The lowest BCUT2D eigenvalue weighted by Gasteiger charge is -2.20. The number of anilines is 1. The van der Waals surface area contributed by atoms with Crippen LogP contribution in [-0.4, -0.2) is 46.4 Å². The number of halogens is 2. The van der Waals surface area contributed by atoms with Crippen molar-refractivity contribution >= 4 is 51.6 Å². The molecule has 2 heterocycles. The molecule has 1 aliphatic heterocycles. The molecule has 3 rings (SSSR count). The first-order chi connectivity index (χ1) is 12.2. The number of aryl methyl sites for hydroxylation is 1. The molecule has 0 spiro atoms. The molecule has 0 aliphatic carbocycles. The van der Waals surface area contributed by atoms with E-state index >= 15 is 0 Å². The van der Waals surface area contributed by atoms with Crippen molar-refractivity contribution in [2.75, 3.05) is 24.5 Å². The first-order valence-electron chi connectivity index (χ1n) is 8.54. The van der Waals surface area contributed by atoms with Crippen molar-refractivity contribution in [3.63, 3.8) is 0 Å². The van der Waals surface area contributed by atoms with Gasteiger partial charge in [-0.2, -0.15) is 5.10 Å². The maximum atomic E-state index is 4.64. The Kier molecular flexibility index (Phi) is 8.14. The molecule has 1 aromatic heterocycles. The maximum Gasteiger partial charge on any atom is 0.191 e. The molecule has 1 saturated heterocycles. The number of hydrogen-bond donors (Lipinski definition) is 2. The summed E-state index contributed by atoms with van der Waals surface area (Å²) in [5.41, 5.74) is 1.26. The van der Waals surface area contributed by atoms with Gasteiger partial charge < -0.3 is 15.5 Å². The van der Waals surface area contributed by atoms with Crippen LogP contribution in [0.15, 0.2) is 40.1 Å². The second-order valence-electron chi connectivity index (χ2n) is 6.05. The first kappa shape index (κ1) is 20.9. The van der Waals surface area contributed by atoms with Gasteiger partial charge in [-0.15, -0.1) is 24.0 Å². The summed E-state index contributed by atoms with van der Waals surface area (Å²) < 4.78 is 2.85. The van der Waals surface area contributed by atoms with Crippen LogP contribution >= 0.6 is 39.9 Å². The molecular weight excluding hydrogens is 509 g/mol. The molecule has 1 atom stereocenters. The standard InChI is InChI=1S/C17H24BrN7.HI/c1-3-19-17(20-10-16-21-12-22-24(16)2)23-14-8-9-25(11-14)15-6-4-13(18)5-7-15;/h4-7,12,14H,3,8-11H2,1-2H3,(H2,19,20,23);1H. The fourth-order valence-electron chi connectivity index (χ4n) is 2.89. The number of hydrogen-bond acceptors (Lipinski definition) is 4. The lowest BCUT2D eigenvalue weighted by Crippen LogP contribution is -2.44. The summed E-state index contributed by atoms with van der Waals surface area (Å²) in [6, 6.07) is 8.85. The van der Waals surface area contributed by atoms with Gasteiger partial charge in [-0.1, -0.05) is 15.9 Å². The molecule has 7 nitrogen and oxygen atoms in total. The molecule has 2 aromatic rings. The largest absolute Gasteiger partial charge is 0.369 e. The average Bonchev–Trinajstić information content (AvgIpc) is 3.23. The quantitative estimate of drug-likeness (QED) is 0.351. The summed E-state index contributed by atoms with van der Waals surface area (Å²) in [5, 5.41) is 10.9. The number of aliphatic imine (C=N–C) groups is 1. The SMILES string of the molecule is CCNC(=NCc1ncnn1C)NC1CCN(c2ccc(Br)cc2)C1.I. The molecule has 26 heavy (non-hydrogen) atoms. The van der Waals surface area contributed by atoms with Crippen LogP contribution in [0.25, 0.3) is 0 Å². The van der Waals surface area contributed by atoms with Crippen LogP contribution in [-0.2, 0) is 13.6 Å². The predicted octanol–water partition coefficient (Wildman–Crippen LogP) is 2.53. The minimum absolute atomic E-state index is 0. The van der Waals surface area contributed by atoms with Crippen molar-refractivity contribution < 1.29 is 0 Å². The van der Waals surface area contributed by atoms with Gasteiger partial charge in [-0.3, -0.25) is 4.68 Å². The van der Waals surface area contributed by atoms with Gasteiger partial charge in [-0.05, 0) is 37.6 Å². The van der Waals surface area contributed by atoms with Gasteiger partial charge in [0.05, 0.1) is 0 Å². The van der Waals surface area contributed by atoms with E-state index in [-0.39, 0.29) is 24.0 Å². The number of benzene rings is 1. The molecule has 142 valence electrons. The first-order valence-corrected chi connectivity index (χ1v) is 9.33. The van der Waals surface area contributed by atoms with E-state index < -0.39 is 0 Å². The van der Waals surface area contributed by atoms with E-state index in [1.54, 1.807) is 11.0 Å². The van der Waals surface area contributed by atoms with Gasteiger partial charge >= 0.3 is 0 Å². The second-order valence-corrected chi connectivity index (χ2v) is 6.96. The van der Waals surface area contributed by atoms with Crippen LogP contribution in [0.2, 0.25) is 0 Å². The highest BCUT2D eigenvalue weighted by Gasteiger charge is 2.23. The Balaban J connectivity index is 0.00000243. The van der Waals surface area contributed by atoms with Crippen molar-refractivity contribution in [1.29, 1.82) is 0 Å². The molecule has 1 aromatic carbocycles.